The lowest BCUT2D eigenvalue weighted by atomic mass is 10.1. The minimum atomic E-state index is -0.431. The molecule has 1 aromatic heterocycles. The number of anilines is 1. The van der Waals surface area contributed by atoms with Gasteiger partial charge in [-0.3, -0.25) is 4.79 Å². The van der Waals surface area contributed by atoms with Crippen LogP contribution in [-0.4, -0.2) is 10.5 Å². The van der Waals surface area contributed by atoms with Gasteiger partial charge in [0.15, 0.2) is 0 Å². The minimum absolute atomic E-state index is 0.0511. The summed E-state index contributed by atoms with van der Waals surface area (Å²) < 4.78 is 2.06. The Bertz CT molecular complexity index is 1040. The lowest BCUT2D eigenvalue weighted by molar-refractivity contribution is -0.112. The molecule has 2 aromatic carbocycles. The van der Waals surface area contributed by atoms with Crippen LogP contribution in [0.15, 0.2) is 66.2 Å². The number of nitrogens with zero attached hydrogens (tertiary/aromatic N) is 2. The molecule has 3 rings (SSSR count). The number of nitriles is 1. The van der Waals surface area contributed by atoms with Crippen LogP contribution in [-0.2, 0) is 4.79 Å². The summed E-state index contributed by atoms with van der Waals surface area (Å²) >= 11 is 5.97. The molecule has 1 N–H and O–H groups in total. The molecule has 0 unspecified atom stereocenters. The molecule has 0 aliphatic heterocycles. The summed E-state index contributed by atoms with van der Waals surface area (Å²) in [7, 11) is 0. The molecule has 0 aliphatic carbocycles. The Kier molecular flexibility index (Phi) is 5.44. The Morgan fingerprint density at radius 3 is 2.41 bits per heavy atom. The Morgan fingerprint density at radius 1 is 1.11 bits per heavy atom. The van der Waals surface area contributed by atoms with Gasteiger partial charge in [-0.25, -0.2) is 0 Å². The van der Waals surface area contributed by atoms with Crippen molar-refractivity contribution >= 4 is 29.3 Å². The van der Waals surface area contributed by atoms with Gasteiger partial charge in [0, 0.05) is 27.8 Å². The number of para-hydroxylation sites is 1. The van der Waals surface area contributed by atoms with Gasteiger partial charge in [0.05, 0.1) is 0 Å². The standard InChI is InChI=1S/C22H18ClN3O/c1-15-12-17(16(2)26(15)21-10-8-19(23)9-11-21)13-18(14-24)22(27)25-20-6-4-3-5-7-20/h3-13H,1-2H3,(H,25,27)/b18-13+. The summed E-state index contributed by atoms with van der Waals surface area (Å²) in [5.41, 5.74) is 4.44. The zero-order chi connectivity index (χ0) is 19.4. The van der Waals surface area contributed by atoms with E-state index in [2.05, 4.69) is 9.88 Å². The zero-order valence-corrected chi connectivity index (χ0v) is 15.8. The molecule has 3 aromatic rings. The lowest BCUT2D eigenvalue weighted by Crippen LogP contribution is -2.13. The molecule has 134 valence electrons. The maximum atomic E-state index is 12.4. The number of halogens is 1. The second-order valence-electron chi connectivity index (χ2n) is 6.13. The maximum absolute atomic E-state index is 12.4. The molecular weight excluding hydrogens is 358 g/mol. The van der Waals surface area contributed by atoms with E-state index in [0.717, 1.165) is 22.6 Å². The molecule has 0 bridgehead atoms. The van der Waals surface area contributed by atoms with Crippen LogP contribution in [0.2, 0.25) is 5.02 Å². The van der Waals surface area contributed by atoms with Gasteiger partial charge in [-0.1, -0.05) is 29.8 Å². The molecule has 0 radical (unpaired) electrons. The van der Waals surface area contributed by atoms with E-state index in [1.54, 1.807) is 18.2 Å². The molecule has 0 aliphatic rings. The lowest BCUT2D eigenvalue weighted by Gasteiger charge is -2.09. The molecule has 0 spiro atoms. The number of carbonyl (C=O) groups excluding carboxylic acids is 1. The fourth-order valence-electron chi connectivity index (χ4n) is 2.95. The normalized spacial score (nSPS) is 11.1. The summed E-state index contributed by atoms with van der Waals surface area (Å²) in [6.45, 7) is 3.94. The zero-order valence-electron chi connectivity index (χ0n) is 15.0. The largest absolute Gasteiger partial charge is 0.321 e. The number of benzene rings is 2. The minimum Gasteiger partial charge on any atom is -0.321 e. The van der Waals surface area contributed by atoms with Crippen LogP contribution in [0, 0.1) is 25.2 Å². The van der Waals surface area contributed by atoms with Crippen molar-refractivity contribution in [1.82, 2.24) is 4.57 Å². The van der Waals surface area contributed by atoms with E-state index in [1.165, 1.54) is 0 Å². The van der Waals surface area contributed by atoms with Crippen LogP contribution in [0.25, 0.3) is 11.8 Å². The highest BCUT2D eigenvalue weighted by molar-refractivity contribution is 6.30. The van der Waals surface area contributed by atoms with Crippen molar-refractivity contribution in [2.24, 2.45) is 0 Å². The summed E-state index contributed by atoms with van der Waals surface area (Å²) in [4.78, 5) is 12.4. The Balaban J connectivity index is 1.93. The van der Waals surface area contributed by atoms with Crippen molar-refractivity contribution in [2.45, 2.75) is 13.8 Å². The number of carbonyl (C=O) groups is 1. The van der Waals surface area contributed by atoms with Crippen molar-refractivity contribution in [3.63, 3.8) is 0 Å². The molecule has 5 heteroatoms. The van der Waals surface area contributed by atoms with Crippen LogP contribution in [0.1, 0.15) is 17.0 Å². The number of rotatable bonds is 4. The highest BCUT2D eigenvalue weighted by Crippen LogP contribution is 2.24. The fourth-order valence-corrected chi connectivity index (χ4v) is 3.07. The predicted octanol–water partition coefficient (Wildman–Crippen LogP) is 5.29. The monoisotopic (exact) mass is 375 g/mol. The van der Waals surface area contributed by atoms with Crippen LogP contribution in [0.4, 0.5) is 5.69 Å². The first-order valence-electron chi connectivity index (χ1n) is 8.42. The maximum Gasteiger partial charge on any atom is 0.266 e. The average molecular weight is 376 g/mol. The van der Waals surface area contributed by atoms with Gasteiger partial charge in [-0.05, 0) is 68.0 Å². The van der Waals surface area contributed by atoms with E-state index < -0.39 is 5.91 Å². The Morgan fingerprint density at radius 2 is 1.78 bits per heavy atom. The van der Waals surface area contributed by atoms with Crippen molar-refractivity contribution in [2.75, 3.05) is 5.32 Å². The highest BCUT2D eigenvalue weighted by atomic mass is 35.5. The van der Waals surface area contributed by atoms with Crippen molar-refractivity contribution in [1.29, 1.82) is 5.26 Å². The number of hydrogen-bond acceptors (Lipinski definition) is 2. The average Bonchev–Trinajstić information content (AvgIpc) is 2.94. The molecule has 0 saturated heterocycles. The van der Waals surface area contributed by atoms with Crippen molar-refractivity contribution < 1.29 is 4.79 Å². The number of amides is 1. The van der Waals surface area contributed by atoms with Gasteiger partial charge < -0.3 is 9.88 Å². The van der Waals surface area contributed by atoms with Gasteiger partial charge in [0.2, 0.25) is 0 Å². The molecule has 0 saturated carbocycles. The van der Waals surface area contributed by atoms with Crippen LogP contribution < -0.4 is 5.32 Å². The molecule has 1 heterocycles. The topological polar surface area (TPSA) is 57.8 Å². The Hall–Kier alpha value is -3.29. The highest BCUT2D eigenvalue weighted by Gasteiger charge is 2.14. The van der Waals surface area contributed by atoms with Crippen molar-refractivity contribution in [3.8, 4) is 11.8 Å². The number of hydrogen-bond donors (Lipinski definition) is 1. The molecule has 4 nitrogen and oxygen atoms in total. The van der Waals surface area contributed by atoms with E-state index in [4.69, 9.17) is 11.6 Å². The van der Waals surface area contributed by atoms with E-state index in [9.17, 15) is 10.1 Å². The fraction of sp³-hybridized carbons (Fsp3) is 0.0909. The molecule has 0 fully saturated rings. The van der Waals surface area contributed by atoms with Crippen LogP contribution >= 0.6 is 11.6 Å². The molecule has 0 atom stereocenters. The molecule has 1 amide bonds. The first-order chi connectivity index (χ1) is 13.0. The van der Waals surface area contributed by atoms with E-state index in [-0.39, 0.29) is 5.57 Å². The Labute approximate surface area is 163 Å². The van der Waals surface area contributed by atoms with Gasteiger partial charge in [-0.2, -0.15) is 5.26 Å². The number of aromatic nitrogens is 1. The van der Waals surface area contributed by atoms with Crippen molar-refractivity contribution in [3.05, 3.63) is 88.2 Å². The molecule has 27 heavy (non-hydrogen) atoms. The summed E-state index contributed by atoms with van der Waals surface area (Å²) in [6.07, 6.45) is 1.62. The SMILES string of the molecule is Cc1cc(/C=C(\C#N)C(=O)Nc2ccccc2)c(C)n1-c1ccc(Cl)cc1. The van der Waals surface area contributed by atoms with Gasteiger partial charge in [-0.15, -0.1) is 0 Å². The third-order valence-corrected chi connectivity index (χ3v) is 4.50. The van der Waals surface area contributed by atoms with Gasteiger partial charge in [0.1, 0.15) is 11.6 Å². The van der Waals surface area contributed by atoms with Gasteiger partial charge >= 0.3 is 0 Å². The second kappa shape index (κ2) is 7.94. The third kappa shape index (κ3) is 4.11. The summed E-state index contributed by atoms with van der Waals surface area (Å²) in [5, 5.41) is 12.9. The van der Waals surface area contributed by atoms with Gasteiger partial charge in [0.25, 0.3) is 5.91 Å². The summed E-state index contributed by atoms with van der Waals surface area (Å²) in [6, 6.07) is 20.6. The first-order valence-corrected chi connectivity index (χ1v) is 8.80. The smallest absolute Gasteiger partial charge is 0.266 e. The van der Waals surface area contributed by atoms with Crippen LogP contribution in [0.3, 0.4) is 0 Å². The number of aryl methyl sites for hydroxylation is 1. The van der Waals surface area contributed by atoms with E-state index in [0.29, 0.717) is 10.7 Å². The predicted molar refractivity (Wildman–Crippen MR) is 109 cm³/mol. The quantitative estimate of drug-likeness (QED) is 0.497. The molecular formula is C22H18ClN3O. The summed E-state index contributed by atoms with van der Waals surface area (Å²) in [5.74, 6) is -0.431. The third-order valence-electron chi connectivity index (χ3n) is 4.25. The second-order valence-corrected chi connectivity index (χ2v) is 6.56. The van der Waals surface area contributed by atoms with Crippen LogP contribution in [0.5, 0.6) is 0 Å². The first kappa shape index (κ1) is 18.5. The van der Waals surface area contributed by atoms with E-state index in [1.807, 2.05) is 68.4 Å². The van der Waals surface area contributed by atoms with E-state index >= 15 is 0 Å². The number of nitrogens with one attached hydrogen (secondary N) is 1.